The van der Waals surface area contributed by atoms with Crippen LogP contribution in [0.15, 0.2) is 39.6 Å². The van der Waals surface area contributed by atoms with E-state index in [1.165, 1.54) is 35.2 Å². The Morgan fingerprint density at radius 1 is 1.45 bits per heavy atom. The van der Waals surface area contributed by atoms with Crippen LogP contribution in [-0.2, 0) is 4.79 Å². The molecule has 1 aromatic carbocycles. The minimum absolute atomic E-state index is 0.0644. The predicted octanol–water partition coefficient (Wildman–Crippen LogP) is 3.55. The van der Waals surface area contributed by atoms with Crippen LogP contribution in [0.25, 0.3) is 0 Å². The molecule has 0 radical (unpaired) electrons. The zero-order chi connectivity index (χ0) is 14.5. The number of carbonyl (C=O) groups excluding carboxylic acids is 1. The maximum absolute atomic E-state index is 11.2. The summed E-state index contributed by atoms with van der Waals surface area (Å²) in [4.78, 5) is 26.3. The van der Waals surface area contributed by atoms with Crippen LogP contribution in [0.5, 0.6) is 0 Å². The van der Waals surface area contributed by atoms with Gasteiger partial charge in [0.15, 0.2) is 5.13 Å². The van der Waals surface area contributed by atoms with Crippen molar-refractivity contribution in [3.8, 4) is 0 Å². The molecule has 104 valence electrons. The molecule has 0 saturated carbocycles. The highest BCUT2D eigenvalue weighted by Crippen LogP contribution is 2.34. The zero-order valence-electron chi connectivity index (χ0n) is 10.5. The number of carbonyl (C=O) groups is 1. The first kappa shape index (κ1) is 14.5. The third-order valence-corrected chi connectivity index (χ3v) is 4.34. The molecule has 2 aromatic rings. The molecule has 8 heteroatoms. The van der Waals surface area contributed by atoms with Crippen LogP contribution < -0.4 is 5.32 Å². The van der Waals surface area contributed by atoms with E-state index < -0.39 is 4.92 Å². The molecule has 20 heavy (non-hydrogen) atoms. The van der Waals surface area contributed by atoms with Gasteiger partial charge in [0.1, 0.15) is 0 Å². The maximum Gasteiger partial charge on any atom is 0.269 e. The summed E-state index contributed by atoms with van der Waals surface area (Å²) in [5.74, 6) is -0.0776. The molecule has 6 nitrogen and oxygen atoms in total. The fraction of sp³-hybridized carbons (Fsp3) is 0.167. The lowest BCUT2D eigenvalue weighted by atomic mass is 10.3. The number of hydrogen-bond acceptors (Lipinski definition) is 6. The molecule has 0 saturated heterocycles. The van der Waals surface area contributed by atoms with E-state index in [2.05, 4.69) is 10.3 Å². The number of benzene rings is 1. The highest BCUT2D eigenvalue weighted by atomic mass is 32.2. The van der Waals surface area contributed by atoms with E-state index in [4.69, 9.17) is 0 Å². The number of nitrogens with zero attached hydrogens (tertiary/aromatic N) is 2. The molecule has 0 aliphatic rings. The number of hydrogen-bond donors (Lipinski definition) is 1. The van der Waals surface area contributed by atoms with E-state index in [-0.39, 0.29) is 11.6 Å². The number of anilines is 1. The predicted molar refractivity (Wildman–Crippen MR) is 78.3 cm³/mol. The number of nitro groups is 1. The van der Waals surface area contributed by atoms with Crippen molar-refractivity contribution in [1.29, 1.82) is 0 Å². The number of amides is 1. The van der Waals surface area contributed by atoms with Crippen LogP contribution in [0.4, 0.5) is 10.8 Å². The van der Waals surface area contributed by atoms with Gasteiger partial charge in [0.25, 0.3) is 5.69 Å². The van der Waals surface area contributed by atoms with Crippen molar-refractivity contribution >= 4 is 39.8 Å². The molecular formula is C12H11N3O3S2. The quantitative estimate of drug-likeness (QED) is 0.674. The Kier molecular flexibility index (Phi) is 4.70. The second kappa shape index (κ2) is 6.49. The summed E-state index contributed by atoms with van der Waals surface area (Å²) < 4.78 is 0.908. The molecule has 0 fully saturated rings. The molecule has 1 heterocycles. The lowest BCUT2D eigenvalue weighted by Crippen LogP contribution is -2.08. The monoisotopic (exact) mass is 309 g/mol. The maximum atomic E-state index is 11.2. The van der Waals surface area contributed by atoms with Crippen molar-refractivity contribution in [1.82, 2.24) is 4.98 Å². The molecule has 1 aromatic heterocycles. The third-order valence-electron chi connectivity index (χ3n) is 2.32. The summed E-state index contributed by atoms with van der Waals surface area (Å²) in [7, 11) is 0. The van der Waals surface area contributed by atoms with E-state index in [9.17, 15) is 14.9 Å². The van der Waals surface area contributed by atoms with Crippen molar-refractivity contribution in [2.24, 2.45) is 0 Å². The van der Waals surface area contributed by atoms with Crippen LogP contribution in [0.2, 0.25) is 0 Å². The minimum atomic E-state index is -0.431. The van der Waals surface area contributed by atoms with Gasteiger partial charge in [-0.15, -0.1) is 0 Å². The van der Waals surface area contributed by atoms with Gasteiger partial charge in [0.2, 0.25) is 5.91 Å². The highest BCUT2D eigenvalue weighted by Gasteiger charge is 2.08. The first-order valence-electron chi connectivity index (χ1n) is 5.76. The van der Waals surface area contributed by atoms with Gasteiger partial charge < -0.3 is 5.32 Å². The van der Waals surface area contributed by atoms with Crippen LogP contribution >= 0.6 is 23.1 Å². The van der Waals surface area contributed by atoms with E-state index in [0.717, 1.165) is 9.10 Å². The summed E-state index contributed by atoms with van der Waals surface area (Å²) in [5, 5.41) is 13.8. The lowest BCUT2D eigenvalue weighted by molar-refractivity contribution is -0.384. The second-order valence-electron chi connectivity index (χ2n) is 3.74. The number of thiazole rings is 1. The van der Waals surface area contributed by atoms with Crippen molar-refractivity contribution in [3.05, 3.63) is 40.6 Å². The smallest absolute Gasteiger partial charge is 0.269 e. The summed E-state index contributed by atoms with van der Waals surface area (Å²) in [5.41, 5.74) is 0.0644. The third kappa shape index (κ3) is 3.78. The van der Waals surface area contributed by atoms with Gasteiger partial charge in [-0.25, -0.2) is 4.98 Å². The van der Waals surface area contributed by atoms with E-state index in [1.807, 2.05) is 0 Å². The van der Waals surface area contributed by atoms with Gasteiger partial charge in [-0.3, -0.25) is 14.9 Å². The molecule has 1 amide bonds. The molecular weight excluding hydrogens is 298 g/mol. The normalized spacial score (nSPS) is 10.2. The number of non-ortho nitro benzene ring substituents is 1. The summed E-state index contributed by atoms with van der Waals surface area (Å²) in [6.07, 6.45) is 2.08. The average molecular weight is 309 g/mol. The molecule has 0 bridgehead atoms. The fourth-order valence-corrected chi connectivity index (χ4v) is 3.19. The average Bonchev–Trinajstić information content (AvgIpc) is 2.86. The zero-order valence-corrected chi connectivity index (χ0v) is 12.2. The fourth-order valence-electron chi connectivity index (χ4n) is 1.32. The van der Waals surface area contributed by atoms with Crippen molar-refractivity contribution < 1.29 is 9.72 Å². The molecule has 0 aliphatic heterocycles. The Morgan fingerprint density at radius 3 is 2.75 bits per heavy atom. The largest absolute Gasteiger partial charge is 0.302 e. The Hall–Kier alpha value is -1.93. The first-order valence-corrected chi connectivity index (χ1v) is 7.39. The summed E-state index contributed by atoms with van der Waals surface area (Å²) >= 11 is 2.81. The minimum Gasteiger partial charge on any atom is -0.302 e. The van der Waals surface area contributed by atoms with Gasteiger partial charge in [-0.2, -0.15) is 0 Å². The van der Waals surface area contributed by atoms with Crippen LogP contribution in [0, 0.1) is 10.1 Å². The molecule has 0 unspecified atom stereocenters. The molecule has 2 rings (SSSR count). The molecule has 1 N–H and O–H groups in total. The Labute approximate surface area is 123 Å². The SMILES string of the molecule is CCC(=O)Nc1ncc(Sc2ccc([N+](=O)[O-])cc2)s1. The van der Waals surface area contributed by atoms with E-state index >= 15 is 0 Å². The number of aromatic nitrogens is 1. The van der Waals surface area contributed by atoms with Crippen molar-refractivity contribution in [3.63, 3.8) is 0 Å². The first-order chi connectivity index (χ1) is 9.58. The lowest BCUT2D eigenvalue weighted by Gasteiger charge is -1.98. The number of nitro benzene ring substituents is 1. The van der Waals surface area contributed by atoms with Crippen molar-refractivity contribution in [2.75, 3.05) is 5.32 Å². The molecule has 0 aliphatic carbocycles. The number of rotatable bonds is 5. The summed E-state index contributed by atoms with van der Waals surface area (Å²) in [6.45, 7) is 1.77. The van der Waals surface area contributed by atoms with Gasteiger partial charge >= 0.3 is 0 Å². The van der Waals surface area contributed by atoms with E-state index in [1.54, 1.807) is 25.3 Å². The molecule has 0 atom stereocenters. The molecule has 0 spiro atoms. The Morgan fingerprint density at radius 2 is 2.15 bits per heavy atom. The standard InChI is InChI=1S/C12H11N3O3S2/c1-2-10(16)14-12-13-7-11(20-12)19-9-5-3-8(4-6-9)15(17)18/h3-7H,2H2,1H3,(H,13,14,16). The highest BCUT2D eigenvalue weighted by molar-refractivity contribution is 8.01. The van der Waals surface area contributed by atoms with Crippen LogP contribution in [-0.4, -0.2) is 15.8 Å². The van der Waals surface area contributed by atoms with Gasteiger partial charge in [-0.1, -0.05) is 30.0 Å². The van der Waals surface area contributed by atoms with Crippen molar-refractivity contribution in [2.45, 2.75) is 22.4 Å². The Balaban J connectivity index is 2.03. The summed E-state index contributed by atoms with van der Waals surface area (Å²) in [6, 6.07) is 6.30. The van der Waals surface area contributed by atoms with Crippen LogP contribution in [0.3, 0.4) is 0 Å². The Bertz CT molecular complexity index is 625. The number of nitrogens with one attached hydrogen (secondary N) is 1. The van der Waals surface area contributed by atoms with Gasteiger partial charge in [0.05, 0.1) is 15.3 Å². The van der Waals surface area contributed by atoms with E-state index in [0.29, 0.717) is 11.6 Å². The van der Waals surface area contributed by atoms with Gasteiger partial charge in [-0.05, 0) is 12.1 Å². The van der Waals surface area contributed by atoms with Crippen LogP contribution in [0.1, 0.15) is 13.3 Å². The second-order valence-corrected chi connectivity index (χ2v) is 6.14. The van der Waals surface area contributed by atoms with Gasteiger partial charge in [0, 0.05) is 23.4 Å². The topological polar surface area (TPSA) is 85.1 Å².